The van der Waals surface area contributed by atoms with E-state index in [0.717, 1.165) is 38.3 Å². The van der Waals surface area contributed by atoms with Gasteiger partial charge in [0.25, 0.3) is 5.91 Å². The van der Waals surface area contributed by atoms with Crippen molar-refractivity contribution in [3.63, 3.8) is 0 Å². The summed E-state index contributed by atoms with van der Waals surface area (Å²) in [6, 6.07) is 7.03. The summed E-state index contributed by atoms with van der Waals surface area (Å²) < 4.78 is 0. The number of piperazine rings is 1. The number of rotatable bonds is 6. The molecule has 0 aliphatic carbocycles. The molecule has 0 bridgehead atoms. The SMILES string of the molecule is CCN1CCN(C(=O)C(CC(C)C)NC(=O)c2ccccc2C)CC1. The van der Waals surface area contributed by atoms with Gasteiger partial charge in [-0.2, -0.15) is 0 Å². The number of hydrogen-bond acceptors (Lipinski definition) is 3. The van der Waals surface area contributed by atoms with Gasteiger partial charge in [0.05, 0.1) is 0 Å². The molecule has 25 heavy (non-hydrogen) atoms. The van der Waals surface area contributed by atoms with Crippen LogP contribution in [0.3, 0.4) is 0 Å². The van der Waals surface area contributed by atoms with Crippen LogP contribution in [0.5, 0.6) is 0 Å². The lowest BCUT2D eigenvalue weighted by Crippen LogP contribution is -2.55. The van der Waals surface area contributed by atoms with Gasteiger partial charge in [0, 0.05) is 31.7 Å². The van der Waals surface area contributed by atoms with Crippen molar-refractivity contribution in [2.24, 2.45) is 5.92 Å². The van der Waals surface area contributed by atoms with Crippen LogP contribution in [-0.2, 0) is 4.79 Å². The van der Waals surface area contributed by atoms with Crippen molar-refractivity contribution in [1.82, 2.24) is 15.1 Å². The second-order valence-corrected chi connectivity index (χ2v) is 7.23. The van der Waals surface area contributed by atoms with Crippen LogP contribution in [0.2, 0.25) is 0 Å². The summed E-state index contributed by atoms with van der Waals surface area (Å²) in [5.74, 6) is 0.221. The van der Waals surface area contributed by atoms with E-state index in [1.165, 1.54) is 0 Å². The lowest BCUT2D eigenvalue weighted by molar-refractivity contribution is -0.135. The van der Waals surface area contributed by atoms with Gasteiger partial charge in [-0.15, -0.1) is 0 Å². The van der Waals surface area contributed by atoms with Gasteiger partial charge in [-0.05, 0) is 37.4 Å². The van der Waals surface area contributed by atoms with Crippen molar-refractivity contribution >= 4 is 11.8 Å². The molecule has 0 aromatic heterocycles. The van der Waals surface area contributed by atoms with Gasteiger partial charge in [0.2, 0.25) is 5.91 Å². The molecule has 0 radical (unpaired) electrons. The van der Waals surface area contributed by atoms with E-state index in [4.69, 9.17) is 0 Å². The van der Waals surface area contributed by atoms with E-state index in [-0.39, 0.29) is 11.8 Å². The number of aryl methyl sites for hydroxylation is 1. The molecule has 0 spiro atoms. The predicted molar refractivity (Wildman–Crippen MR) is 101 cm³/mol. The van der Waals surface area contributed by atoms with E-state index in [0.29, 0.717) is 17.9 Å². The average molecular weight is 345 g/mol. The first-order valence-corrected chi connectivity index (χ1v) is 9.30. The molecule has 1 aliphatic heterocycles. The number of carbonyl (C=O) groups is 2. The number of likely N-dealkylation sites (N-methyl/N-ethyl adjacent to an activating group) is 1. The molecule has 1 atom stereocenters. The molecule has 2 amide bonds. The maximum atomic E-state index is 13.0. The molecule has 1 heterocycles. The van der Waals surface area contributed by atoms with Crippen LogP contribution in [0.4, 0.5) is 0 Å². The third kappa shape index (κ3) is 5.30. The topological polar surface area (TPSA) is 52.6 Å². The summed E-state index contributed by atoms with van der Waals surface area (Å²) in [5, 5.41) is 2.98. The quantitative estimate of drug-likeness (QED) is 0.861. The molecule has 1 saturated heterocycles. The Morgan fingerprint density at radius 2 is 1.76 bits per heavy atom. The van der Waals surface area contributed by atoms with Crippen LogP contribution in [0.15, 0.2) is 24.3 Å². The van der Waals surface area contributed by atoms with Crippen LogP contribution in [-0.4, -0.2) is 60.4 Å². The van der Waals surface area contributed by atoms with E-state index >= 15 is 0 Å². The Morgan fingerprint density at radius 3 is 2.32 bits per heavy atom. The van der Waals surface area contributed by atoms with Gasteiger partial charge < -0.3 is 15.1 Å². The second-order valence-electron chi connectivity index (χ2n) is 7.23. The minimum absolute atomic E-state index is 0.0476. The second kappa shape index (κ2) is 8.99. The van der Waals surface area contributed by atoms with Crippen LogP contribution in [0, 0.1) is 12.8 Å². The van der Waals surface area contributed by atoms with Crippen molar-refractivity contribution < 1.29 is 9.59 Å². The van der Waals surface area contributed by atoms with Crippen molar-refractivity contribution in [2.45, 2.75) is 40.2 Å². The maximum absolute atomic E-state index is 13.0. The number of benzene rings is 1. The van der Waals surface area contributed by atoms with Gasteiger partial charge in [-0.25, -0.2) is 0 Å². The van der Waals surface area contributed by atoms with Gasteiger partial charge in [0.1, 0.15) is 6.04 Å². The molecule has 1 aromatic carbocycles. The summed E-state index contributed by atoms with van der Waals surface area (Å²) in [6.45, 7) is 12.5. The number of hydrogen-bond donors (Lipinski definition) is 1. The zero-order valence-corrected chi connectivity index (χ0v) is 15.9. The molecule has 1 aliphatic rings. The maximum Gasteiger partial charge on any atom is 0.252 e. The molecule has 2 rings (SSSR count). The minimum atomic E-state index is -0.458. The number of carbonyl (C=O) groups excluding carboxylic acids is 2. The highest BCUT2D eigenvalue weighted by Crippen LogP contribution is 2.13. The van der Waals surface area contributed by atoms with Gasteiger partial charge in [0.15, 0.2) is 0 Å². The monoisotopic (exact) mass is 345 g/mol. The Kier molecular flexibility index (Phi) is 7.00. The van der Waals surface area contributed by atoms with E-state index in [1.54, 1.807) is 0 Å². The highest BCUT2D eigenvalue weighted by atomic mass is 16.2. The largest absolute Gasteiger partial charge is 0.340 e. The normalized spacial score (nSPS) is 16.8. The van der Waals surface area contributed by atoms with E-state index in [9.17, 15) is 9.59 Å². The highest BCUT2D eigenvalue weighted by molar-refractivity contribution is 5.98. The molecule has 5 heteroatoms. The van der Waals surface area contributed by atoms with Crippen molar-refractivity contribution in [2.75, 3.05) is 32.7 Å². The summed E-state index contributed by atoms with van der Waals surface area (Å²) in [5.41, 5.74) is 1.56. The zero-order chi connectivity index (χ0) is 18.4. The fourth-order valence-electron chi connectivity index (χ4n) is 3.26. The standard InChI is InChI=1S/C20H31N3O2/c1-5-22-10-12-23(13-11-22)20(25)18(14-15(2)3)21-19(24)17-9-7-6-8-16(17)4/h6-9,15,18H,5,10-14H2,1-4H3,(H,21,24). The molecule has 1 fully saturated rings. The Hall–Kier alpha value is -1.88. The van der Waals surface area contributed by atoms with E-state index in [1.807, 2.05) is 36.1 Å². The summed E-state index contributed by atoms with van der Waals surface area (Å²) in [4.78, 5) is 29.9. The summed E-state index contributed by atoms with van der Waals surface area (Å²) in [6.07, 6.45) is 0.657. The fraction of sp³-hybridized carbons (Fsp3) is 0.600. The Balaban J connectivity index is 2.06. The fourth-order valence-corrected chi connectivity index (χ4v) is 3.26. The first kappa shape index (κ1) is 19.4. The van der Waals surface area contributed by atoms with Gasteiger partial charge in [-0.3, -0.25) is 9.59 Å². The third-order valence-electron chi connectivity index (χ3n) is 4.83. The Morgan fingerprint density at radius 1 is 1.12 bits per heavy atom. The summed E-state index contributed by atoms with van der Waals surface area (Å²) in [7, 11) is 0. The van der Waals surface area contributed by atoms with Crippen molar-refractivity contribution in [3.8, 4) is 0 Å². The van der Waals surface area contributed by atoms with Crippen molar-refractivity contribution in [3.05, 3.63) is 35.4 Å². The summed E-state index contributed by atoms with van der Waals surface area (Å²) >= 11 is 0. The Labute approximate surface area is 151 Å². The number of nitrogens with zero attached hydrogens (tertiary/aromatic N) is 2. The van der Waals surface area contributed by atoms with Gasteiger partial charge >= 0.3 is 0 Å². The van der Waals surface area contributed by atoms with E-state index in [2.05, 4.69) is 31.0 Å². The highest BCUT2D eigenvalue weighted by Gasteiger charge is 2.29. The molecular weight excluding hydrogens is 314 g/mol. The molecule has 138 valence electrons. The lowest BCUT2D eigenvalue weighted by atomic mass is 10.0. The minimum Gasteiger partial charge on any atom is -0.340 e. The van der Waals surface area contributed by atoms with Crippen LogP contribution in [0.25, 0.3) is 0 Å². The smallest absolute Gasteiger partial charge is 0.252 e. The number of amides is 2. The number of nitrogens with one attached hydrogen (secondary N) is 1. The van der Waals surface area contributed by atoms with Crippen LogP contribution < -0.4 is 5.32 Å². The Bertz CT molecular complexity index is 592. The van der Waals surface area contributed by atoms with Crippen molar-refractivity contribution in [1.29, 1.82) is 0 Å². The first-order valence-electron chi connectivity index (χ1n) is 9.30. The predicted octanol–water partition coefficient (Wildman–Crippen LogP) is 2.30. The van der Waals surface area contributed by atoms with Crippen LogP contribution >= 0.6 is 0 Å². The zero-order valence-electron chi connectivity index (χ0n) is 15.9. The molecular formula is C20H31N3O2. The molecule has 0 saturated carbocycles. The lowest BCUT2D eigenvalue weighted by Gasteiger charge is -2.36. The molecule has 1 unspecified atom stereocenters. The molecule has 5 nitrogen and oxygen atoms in total. The average Bonchev–Trinajstić information content (AvgIpc) is 2.60. The van der Waals surface area contributed by atoms with Crippen LogP contribution in [0.1, 0.15) is 43.1 Å². The molecule has 1 aromatic rings. The first-order chi connectivity index (χ1) is 11.9. The van der Waals surface area contributed by atoms with E-state index < -0.39 is 6.04 Å². The third-order valence-corrected chi connectivity index (χ3v) is 4.83. The molecule has 1 N–H and O–H groups in total. The van der Waals surface area contributed by atoms with Gasteiger partial charge in [-0.1, -0.05) is 39.0 Å².